The Kier molecular flexibility index (Phi) is 7.09. The van der Waals surface area contributed by atoms with Crippen LogP contribution in [0, 0.1) is 24.0 Å². The van der Waals surface area contributed by atoms with Crippen molar-refractivity contribution in [2.24, 2.45) is 0 Å². The van der Waals surface area contributed by atoms with Gasteiger partial charge in [-0.2, -0.15) is 5.10 Å². The zero-order chi connectivity index (χ0) is 24.9. The number of hydrogen-bond acceptors (Lipinski definition) is 7. The number of amides is 1. The molecule has 0 spiro atoms. The van der Waals surface area contributed by atoms with Gasteiger partial charge in [0.05, 0.1) is 38.9 Å². The lowest BCUT2D eigenvalue weighted by Crippen LogP contribution is -2.31. The van der Waals surface area contributed by atoms with Gasteiger partial charge >= 0.3 is 5.97 Å². The summed E-state index contributed by atoms with van der Waals surface area (Å²) < 4.78 is 7.00. The fourth-order valence-electron chi connectivity index (χ4n) is 4.24. The van der Waals surface area contributed by atoms with Gasteiger partial charge in [-0.1, -0.05) is 18.2 Å². The molecule has 1 aromatic heterocycles. The topological polar surface area (TPSA) is 120 Å². The standard InChI is InChI=1S/C25H27N5O5/c1-17-24(18(2)29(27-17)19-9-5-3-6-10-19)26-23(31)16-35-25(32)21-15-20(30(33)34)11-12-22(21)28-13-7-4-8-14-28/h3,5-6,9-12,15H,4,7-8,13-14,16H2,1-2H3,(H,26,31). The number of rotatable bonds is 7. The quantitative estimate of drug-likeness (QED) is 0.308. The molecule has 1 amide bonds. The van der Waals surface area contributed by atoms with Crippen molar-refractivity contribution in [1.29, 1.82) is 0 Å². The molecular formula is C25H27N5O5. The van der Waals surface area contributed by atoms with Crippen LogP contribution in [0.5, 0.6) is 0 Å². The first-order chi connectivity index (χ1) is 16.8. The van der Waals surface area contributed by atoms with Crippen LogP contribution in [0.4, 0.5) is 17.1 Å². The summed E-state index contributed by atoms with van der Waals surface area (Å²) in [4.78, 5) is 38.2. The number of carbonyl (C=O) groups is 2. The average Bonchev–Trinajstić information content (AvgIpc) is 3.16. The molecule has 1 N–H and O–H groups in total. The summed E-state index contributed by atoms with van der Waals surface area (Å²) in [5, 5.41) is 18.5. The van der Waals surface area contributed by atoms with E-state index in [-0.39, 0.29) is 11.3 Å². The number of nitro benzene ring substituents is 1. The number of anilines is 2. The molecular weight excluding hydrogens is 450 g/mol. The summed E-state index contributed by atoms with van der Waals surface area (Å²) >= 11 is 0. The van der Waals surface area contributed by atoms with Crippen molar-refractivity contribution in [2.75, 3.05) is 29.9 Å². The van der Waals surface area contributed by atoms with Crippen LogP contribution >= 0.6 is 0 Å². The van der Waals surface area contributed by atoms with E-state index in [0.717, 1.165) is 43.7 Å². The third kappa shape index (κ3) is 5.32. The van der Waals surface area contributed by atoms with Gasteiger partial charge in [0.2, 0.25) is 0 Å². The molecule has 0 unspecified atom stereocenters. The van der Waals surface area contributed by atoms with Crippen LogP contribution in [-0.4, -0.2) is 46.3 Å². The van der Waals surface area contributed by atoms with Gasteiger partial charge in [-0.05, 0) is 51.3 Å². The number of aryl methyl sites for hydroxylation is 1. The van der Waals surface area contributed by atoms with Crippen molar-refractivity contribution in [1.82, 2.24) is 9.78 Å². The lowest BCUT2D eigenvalue weighted by atomic mass is 10.1. The molecule has 0 radical (unpaired) electrons. The van der Waals surface area contributed by atoms with Crippen molar-refractivity contribution in [3.8, 4) is 5.69 Å². The third-order valence-corrected chi connectivity index (χ3v) is 6.00. The Bertz CT molecular complexity index is 1250. The van der Waals surface area contributed by atoms with Gasteiger partial charge in [0.15, 0.2) is 6.61 Å². The molecule has 35 heavy (non-hydrogen) atoms. The van der Waals surface area contributed by atoms with Gasteiger partial charge in [-0.3, -0.25) is 14.9 Å². The molecule has 182 valence electrons. The lowest BCUT2D eigenvalue weighted by molar-refractivity contribution is -0.384. The SMILES string of the molecule is Cc1nn(-c2ccccc2)c(C)c1NC(=O)COC(=O)c1cc([N+](=O)[O-])ccc1N1CCCCC1. The number of ether oxygens (including phenoxy) is 1. The van der Waals surface area contributed by atoms with Crippen LogP contribution in [0.15, 0.2) is 48.5 Å². The molecule has 1 fully saturated rings. The van der Waals surface area contributed by atoms with E-state index in [0.29, 0.717) is 17.1 Å². The minimum Gasteiger partial charge on any atom is -0.452 e. The Hall–Kier alpha value is -4.21. The van der Waals surface area contributed by atoms with E-state index < -0.39 is 23.4 Å². The van der Waals surface area contributed by atoms with E-state index >= 15 is 0 Å². The molecule has 2 heterocycles. The predicted octanol–water partition coefficient (Wildman–Crippen LogP) is 4.18. The van der Waals surface area contributed by atoms with E-state index in [1.807, 2.05) is 42.2 Å². The molecule has 2 aromatic carbocycles. The molecule has 10 heteroatoms. The largest absolute Gasteiger partial charge is 0.452 e. The monoisotopic (exact) mass is 477 g/mol. The fourth-order valence-corrected chi connectivity index (χ4v) is 4.24. The summed E-state index contributed by atoms with van der Waals surface area (Å²) in [7, 11) is 0. The number of nitrogens with one attached hydrogen (secondary N) is 1. The number of nitrogens with zero attached hydrogens (tertiary/aromatic N) is 4. The number of aromatic nitrogens is 2. The highest BCUT2D eigenvalue weighted by Gasteiger charge is 2.24. The summed E-state index contributed by atoms with van der Waals surface area (Å²) in [5.74, 6) is -1.31. The van der Waals surface area contributed by atoms with Crippen LogP contribution in [-0.2, 0) is 9.53 Å². The Balaban J connectivity index is 1.47. The van der Waals surface area contributed by atoms with Gasteiger partial charge in [0.1, 0.15) is 0 Å². The summed E-state index contributed by atoms with van der Waals surface area (Å²) in [6.45, 7) is 4.59. The molecule has 4 rings (SSSR count). The number of hydrogen-bond donors (Lipinski definition) is 1. The molecule has 10 nitrogen and oxygen atoms in total. The zero-order valence-corrected chi connectivity index (χ0v) is 19.7. The molecule has 3 aromatic rings. The van der Waals surface area contributed by atoms with E-state index in [1.54, 1.807) is 17.7 Å². The maximum absolute atomic E-state index is 12.9. The highest BCUT2D eigenvalue weighted by molar-refractivity contribution is 5.99. The fraction of sp³-hybridized carbons (Fsp3) is 0.320. The first-order valence-corrected chi connectivity index (χ1v) is 11.5. The second kappa shape index (κ2) is 10.4. The molecule has 0 bridgehead atoms. The van der Waals surface area contributed by atoms with Crippen molar-refractivity contribution in [3.63, 3.8) is 0 Å². The highest BCUT2D eigenvalue weighted by Crippen LogP contribution is 2.29. The number of piperidine rings is 1. The maximum Gasteiger partial charge on any atom is 0.341 e. The van der Waals surface area contributed by atoms with Gasteiger partial charge < -0.3 is 15.0 Å². The predicted molar refractivity (Wildman–Crippen MR) is 131 cm³/mol. The van der Waals surface area contributed by atoms with Crippen LogP contribution < -0.4 is 10.2 Å². The van der Waals surface area contributed by atoms with Crippen molar-refractivity contribution < 1.29 is 19.2 Å². The number of esters is 1. The summed E-state index contributed by atoms with van der Waals surface area (Å²) in [5.41, 5.74) is 3.21. The first-order valence-electron chi connectivity index (χ1n) is 11.5. The minimum absolute atomic E-state index is 0.0816. The van der Waals surface area contributed by atoms with Crippen LogP contribution in [0.3, 0.4) is 0 Å². The van der Waals surface area contributed by atoms with Crippen molar-refractivity contribution in [3.05, 3.63) is 75.6 Å². The molecule has 1 saturated heterocycles. The molecule has 0 saturated carbocycles. The van der Waals surface area contributed by atoms with Crippen molar-refractivity contribution in [2.45, 2.75) is 33.1 Å². The van der Waals surface area contributed by atoms with Crippen LogP contribution in [0.25, 0.3) is 5.69 Å². The Labute approximate surface area is 202 Å². The Morgan fingerprint density at radius 3 is 2.49 bits per heavy atom. The number of nitro groups is 1. The van der Waals surface area contributed by atoms with Gasteiger partial charge in [0, 0.05) is 25.2 Å². The second-order valence-electron chi connectivity index (χ2n) is 8.42. The number of benzene rings is 2. The summed E-state index contributed by atoms with van der Waals surface area (Å²) in [6.07, 6.45) is 3.05. The number of non-ortho nitro benzene ring substituents is 1. The highest BCUT2D eigenvalue weighted by atomic mass is 16.6. The van der Waals surface area contributed by atoms with E-state index in [1.165, 1.54) is 12.1 Å². The maximum atomic E-state index is 12.9. The minimum atomic E-state index is -0.780. The second-order valence-corrected chi connectivity index (χ2v) is 8.42. The lowest BCUT2D eigenvalue weighted by Gasteiger charge is -2.30. The van der Waals surface area contributed by atoms with Crippen LogP contribution in [0.2, 0.25) is 0 Å². The third-order valence-electron chi connectivity index (χ3n) is 6.00. The van der Waals surface area contributed by atoms with Gasteiger partial charge in [-0.25, -0.2) is 9.48 Å². The van der Waals surface area contributed by atoms with Gasteiger partial charge in [0.25, 0.3) is 11.6 Å². The van der Waals surface area contributed by atoms with Gasteiger partial charge in [-0.15, -0.1) is 0 Å². The molecule has 1 aliphatic rings. The molecule has 1 aliphatic heterocycles. The van der Waals surface area contributed by atoms with E-state index in [2.05, 4.69) is 10.4 Å². The smallest absolute Gasteiger partial charge is 0.341 e. The van der Waals surface area contributed by atoms with Crippen LogP contribution in [0.1, 0.15) is 41.0 Å². The van der Waals surface area contributed by atoms with E-state index in [9.17, 15) is 19.7 Å². The normalized spacial score (nSPS) is 13.4. The number of para-hydroxylation sites is 1. The molecule has 0 atom stereocenters. The summed E-state index contributed by atoms with van der Waals surface area (Å²) in [6, 6.07) is 13.7. The Morgan fingerprint density at radius 2 is 1.80 bits per heavy atom. The zero-order valence-electron chi connectivity index (χ0n) is 19.7. The van der Waals surface area contributed by atoms with Crippen molar-refractivity contribution >= 4 is 28.9 Å². The van der Waals surface area contributed by atoms with E-state index in [4.69, 9.17) is 4.74 Å². The molecule has 0 aliphatic carbocycles. The average molecular weight is 478 g/mol. The number of carbonyl (C=O) groups excluding carboxylic acids is 2. The first kappa shape index (κ1) is 23.9. The Morgan fingerprint density at radius 1 is 1.09 bits per heavy atom.